The molecule has 21 heteroatoms. The Labute approximate surface area is 422 Å². The number of amides is 1. The van der Waals surface area contributed by atoms with Crippen molar-refractivity contribution in [3.05, 3.63) is 103 Å². The van der Waals surface area contributed by atoms with Crippen molar-refractivity contribution in [2.24, 2.45) is 5.92 Å². The molecule has 2 N–H and O–H groups in total. The minimum absolute atomic E-state index is 0.141. The van der Waals surface area contributed by atoms with Crippen LogP contribution in [0.4, 0.5) is 32.4 Å². The number of esters is 1. The zero-order valence-electron chi connectivity index (χ0n) is 41.7. The number of ether oxygens (including phenoxy) is 4. The molecular weight excluding hydrogens is 978 g/mol. The minimum atomic E-state index is -4.67. The smallest absolute Gasteiger partial charge is 0.447 e. The lowest BCUT2D eigenvalue weighted by Gasteiger charge is -2.44. The summed E-state index contributed by atoms with van der Waals surface area (Å²) in [5.74, 6) is 1.39. The van der Waals surface area contributed by atoms with Gasteiger partial charge in [0.1, 0.15) is 16.3 Å². The first-order valence-electron chi connectivity index (χ1n) is 23.7. The van der Waals surface area contributed by atoms with Gasteiger partial charge in [0.15, 0.2) is 5.65 Å². The number of aromatic nitrogens is 4. The van der Waals surface area contributed by atoms with Crippen molar-refractivity contribution in [1.29, 1.82) is 0 Å². The van der Waals surface area contributed by atoms with E-state index in [0.717, 1.165) is 10.4 Å². The molecule has 390 valence electrons. The van der Waals surface area contributed by atoms with Crippen molar-refractivity contribution in [3.8, 4) is 11.8 Å². The number of imidazole rings is 1. The molecule has 4 heterocycles. The Bertz CT molecular complexity index is 2570. The summed E-state index contributed by atoms with van der Waals surface area (Å²) in [6.07, 6.45) is 4.59. The molecule has 0 unspecified atom stereocenters. The third-order valence-corrected chi connectivity index (χ3v) is 17.6. The van der Waals surface area contributed by atoms with Gasteiger partial charge in [-0.05, 0) is 73.0 Å². The van der Waals surface area contributed by atoms with E-state index in [1.807, 2.05) is 81.4 Å². The molecular formula is C51H64F5N7O7SSi. The highest BCUT2D eigenvalue weighted by atomic mass is 32.2. The average Bonchev–Trinajstić information content (AvgIpc) is 3.93. The number of carbonyl (C=O) groups excluding carboxylic acids is 2. The van der Waals surface area contributed by atoms with Crippen LogP contribution in [0.5, 0.6) is 0 Å². The Hall–Kier alpha value is -5.50. The van der Waals surface area contributed by atoms with E-state index < -0.39 is 55.6 Å². The maximum atomic E-state index is 16.5. The summed E-state index contributed by atoms with van der Waals surface area (Å²) in [5, 5.41) is 11.2. The normalized spacial score (nSPS) is 16.0. The molecule has 1 aliphatic heterocycles. The number of anilines is 1. The Kier molecular flexibility index (Phi) is 19.0. The number of methoxy groups -OCH3 is 1. The van der Waals surface area contributed by atoms with Gasteiger partial charge in [0.05, 0.1) is 70.6 Å². The number of halogens is 5. The Morgan fingerprint density at radius 3 is 2.18 bits per heavy atom. The standard InChI is InChI=1S/C51H64F5N7O7SSi/c1-48(2,3)70-47(65)57-24-14-20-43-45(71-51(54,55)56)63-25-15-21-42(44(63)60-43)59-41-22-26-61(33-37(41)23-28-67-30-31-68-29-27-62-34-38(32-58-62)46(64)66-7)35-50(52,53)36-69-72(49(4,5)6,39-16-10-8-11-17-39)40-18-12-9-13-19-40/h8-13,15-19,21,25,32,34,37,41,59H,22-24,26-31,33,35-36H2,1-7H3,(H,57,65)/t37-,41-/m0/s1. The second-order valence-electron chi connectivity index (χ2n) is 19.4. The highest BCUT2D eigenvalue weighted by Crippen LogP contribution is 2.41. The van der Waals surface area contributed by atoms with E-state index in [2.05, 4.69) is 32.6 Å². The predicted molar refractivity (Wildman–Crippen MR) is 269 cm³/mol. The fraction of sp³-hybridized carbons (Fsp3) is 0.490. The fourth-order valence-electron chi connectivity index (χ4n) is 8.71. The molecule has 3 aromatic heterocycles. The van der Waals surface area contributed by atoms with Gasteiger partial charge >= 0.3 is 17.6 Å². The first-order valence-corrected chi connectivity index (χ1v) is 26.4. The van der Waals surface area contributed by atoms with Crippen molar-refractivity contribution in [1.82, 2.24) is 29.4 Å². The molecule has 6 rings (SSSR count). The van der Waals surface area contributed by atoms with Crippen molar-refractivity contribution in [2.75, 3.05) is 71.6 Å². The number of alkyl halides is 5. The second kappa shape index (κ2) is 24.5. The van der Waals surface area contributed by atoms with E-state index in [4.69, 9.17) is 23.4 Å². The Balaban J connectivity index is 1.18. The van der Waals surface area contributed by atoms with Gasteiger partial charge in [-0.1, -0.05) is 87.4 Å². The summed E-state index contributed by atoms with van der Waals surface area (Å²) in [6, 6.07) is 22.3. The Morgan fingerprint density at radius 1 is 0.889 bits per heavy atom. The number of rotatable bonds is 21. The quantitative estimate of drug-likeness (QED) is 0.0183. The lowest BCUT2D eigenvalue weighted by molar-refractivity contribution is -0.0751. The highest BCUT2D eigenvalue weighted by Gasteiger charge is 2.52. The van der Waals surface area contributed by atoms with Gasteiger partial charge in [0, 0.05) is 49.9 Å². The predicted octanol–water partition coefficient (Wildman–Crippen LogP) is 8.24. The maximum absolute atomic E-state index is 16.5. The number of likely N-dealkylation sites (tertiary alicyclic amines) is 1. The topological polar surface area (TPSA) is 143 Å². The van der Waals surface area contributed by atoms with E-state index in [-0.39, 0.29) is 73.0 Å². The second-order valence-corrected chi connectivity index (χ2v) is 24.8. The van der Waals surface area contributed by atoms with Gasteiger partial charge in [-0.25, -0.2) is 23.4 Å². The maximum Gasteiger partial charge on any atom is 0.447 e. The first kappa shape index (κ1) is 55.8. The molecule has 2 atom stereocenters. The zero-order chi connectivity index (χ0) is 52.2. The third-order valence-electron chi connectivity index (χ3n) is 11.8. The lowest BCUT2D eigenvalue weighted by Crippen LogP contribution is -2.67. The van der Waals surface area contributed by atoms with Crippen molar-refractivity contribution in [3.63, 3.8) is 0 Å². The summed E-state index contributed by atoms with van der Waals surface area (Å²) in [5.41, 5.74) is -4.62. The van der Waals surface area contributed by atoms with Gasteiger partial charge in [-0.15, -0.1) is 0 Å². The molecule has 14 nitrogen and oxygen atoms in total. The van der Waals surface area contributed by atoms with Crippen LogP contribution in [0.2, 0.25) is 5.04 Å². The fourth-order valence-corrected chi connectivity index (χ4v) is 14.0. The van der Waals surface area contributed by atoms with Gasteiger partial charge in [0.25, 0.3) is 14.2 Å². The van der Waals surface area contributed by atoms with Gasteiger partial charge < -0.3 is 34.0 Å². The van der Waals surface area contributed by atoms with Crippen molar-refractivity contribution < 1.29 is 54.9 Å². The van der Waals surface area contributed by atoms with E-state index in [1.54, 1.807) is 48.7 Å². The molecule has 1 fully saturated rings. The van der Waals surface area contributed by atoms with Gasteiger partial charge in [-0.2, -0.15) is 18.3 Å². The summed E-state index contributed by atoms with van der Waals surface area (Å²) >= 11 is -0.353. The van der Waals surface area contributed by atoms with E-state index in [1.165, 1.54) is 23.9 Å². The number of carbonyl (C=O) groups is 2. The number of thioether (sulfide) groups is 1. The number of piperidine rings is 1. The largest absolute Gasteiger partial charge is 0.465 e. The number of pyridine rings is 1. The number of fused-ring (bicyclic) bond motifs is 1. The van der Waals surface area contributed by atoms with Gasteiger partial charge in [0.2, 0.25) is 0 Å². The van der Waals surface area contributed by atoms with E-state index in [0.29, 0.717) is 43.8 Å². The van der Waals surface area contributed by atoms with E-state index >= 15 is 8.78 Å². The molecule has 5 aromatic rings. The SMILES string of the molecule is COC(=O)c1cnn(CCOCCOCC[C@H]2CN(CC(F)(F)CO[Si](c3ccccc3)(c3ccccc3)C(C)(C)C)CC[C@@H]2Nc2cccn3c(SC(F)(F)F)c(C#CCNC(=O)OC(C)(C)C)nc23)c1. The molecule has 1 amide bonds. The van der Waals surface area contributed by atoms with Crippen LogP contribution in [-0.2, 0) is 29.9 Å². The summed E-state index contributed by atoms with van der Waals surface area (Å²) in [4.78, 5) is 30.2. The van der Waals surface area contributed by atoms with Crippen LogP contribution in [0.15, 0.2) is 96.4 Å². The number of hydrogen-bond acceptors (Lipinski definition) is 12. The molecule has 72 heavy (non-hydrogen) atoms. The molecule has 2 aromatic carbocycles. The zero-order valence-corrected chi connectivity index (χ0v) is 43.5. The number of benzene rings is 2. The van der Waals surface area contributed by atoms with Crippen LogP contribution in [0.3, 0.4) is 0 Å². The summed E-state index contributed by atoms with van der Waals surface area (Å²) in [7, 11) is -1.97. The monoisotopic (exact) mass is 1040 g/mol. The average molecular weight is 1040 g/mol. The molecule has 0 radical (unpaired) electrons. The van der Waals surface area contributed by atoms with Crippen LogP contribution < -0.4 is 21.0 Å². The molecule has 0 saturated carbocycles. The first-order chi connectivity index (χ1) is 34.1. The van der Waals surface area contributed by atoms with Gasteiger partial charge in [-0.3, -0.25) is 14.0 Å². The van der Waals surface area contributed by atoms with Crippen LogP contribution in [-0.4, -0.2) is 134 Å². The van der Waals surface area contributed by atoms with Crippen LogP contribution in [0.25, 0.3) is 5.65 Å². The summed E-state index contributed by atoms with van der Waals surface area (Å²) < 4.78 is 106. The minimum Gasteiger partial charge on any atom is -0.465 e. The lowest BCUT2D eigenvalue weighted by atomic mass is 9.89. The van der Waals surface area contributed by atoms with Crippen LogP contribution in [0.1, 0.15) is 70.4 Å². The number of alkyl carbamates (subject to hydrolysis) is 1. The van der Waals surface area contributed by atoms with Crippen molar-refractivity contribution in [2.45, 2.75) is 94.1 Å². The highest BCUT2D eigenvalue weighted by molar-refractivity contribution is 8.00. The van der Waals surface area contributed by atoms with Crippen LogP contribution in [0, 0.1) is 17.8 Å². The number of nitrogens with zero attached hydrogens (tertiary/aromatic N) is 5. The number of hydrogen-bond donors (Lipinski definition) is 2. The molecule has 0 bridgehead atoms. The molecule has 0 aliphatic carbocycles. The number of nitrogens with one attached hydrogen (secondary N) is 2. The molecule has 1 saturated heterocycles. The summed E-state index contributed by atoms with van der Waals surface area (Å²) in [6.45, 7) is 11.7. The Morgan fingerprint density at radius 2 is 1.56 bits per heavy atom. The van der Waals surface area contributed by atoms with Crippen LogP contribution >= 0.6 is 11.8 Å². The van der Waals surface area contributed by atoms with Crippen molar-refractivity contribution >= 4 is 53.8 Å². The molecule has 0 spiro atoms. The van der Waals surface area contributed by atoms with E-state index in [9.17, 15) is 22.8 Å². The molecule has 1 aliphatic rings. The third kappa shape index (κ3) is 15.5.